The molecule has 0 saturated carbocycles. The predicted molar refractivity (Wildman–Crippen MR) is 108 cm³/mol. The van der Waals surface area contributed by atoms with Crippen molar-refractivity contribution in [2.45, 2.75) is 24.6 Å². The first-order valence-electron chi connectivity index (χ1n) is 9.63. The standard InChI is InChI=1S/C22H21F4N3O2/c23-17-7-4-15(5-8-17)6-9-19(30)29-21(10-12-27-13-11-21)20(31)28-18-3-1-2-16(14-18)22(24,25)26/h1-9,14,27H,10-13H2,(H,28,31)(H,29,30)/b9-6+. The molecule has 1 fully saturated rings. The molecule has 5 nitrogen and oxygen atoms in total. The third kappa shape index (κ3) is 5.91. The lowest BCUT2D eigenvalue weighted by atomic mass is 9.87. The Hall–Kier alpha value is -3.20. The second-order valence-corrected chi connectivity index (χ2v) is 7.24. The van der Waals surface area contributed by atoms with Gasteiger partial charge >= 0.3 is 6.18 Å². The molecular weight excluding hydrogens is 414 g/mol. The number of hydrogen-bond acceptors (Lipinski definition) is 3. The van der Waals surface area contributed by atoms with Crippen molar-refractivity contribution in [3.05, 3.63) is 71.6 Å². The Bertz CT molecular complexity index is 965. The van der Waals surface area contributed by atoms with Crippen LogP contribution in [0.1, 0.15) is 24.0 Å². The van der Waals surface area contributed by atoms with Crippen LogP contribution in [0.5, 0.6) is 0 Å². The van der Waals surface area contributed by atoms with Gasteiger partial charge in [0, 0.05) is 11.8 Å². The smallest absolute Gasteiger partial charge is 0.338 e. The molecule has 0 radical (unpaired) electrons. The number of halogens is 4. The van der Waals surface area contributed by atoms with Crippen LogP contribution >= 0.6 is 0 Å². The zero-order chi connectivity index (χ0) is 22.5. The number of rotatable bonds is 5. The van der Waals surface area contributed by atoms with Crippen LogP contribution in [0.4, 0.5) is 23.2 Å². The summed E-state index contributed by atoms with van der Waals surface area (Å²) in [6, 6.07) is 9.85. The van der Waals surface area contributed by atoms with Gasteiger partial charge in [-0.25, -0.2) is 4.39 Å². The molecule has 164 valence electrons. The summed E-state index contributed by atoms with van der Waals surface area (Å²) < 4.78 is 51.8. The summed E-state index contributed by atoms with van der Waals surface area (Å²) in [5, 5.41) is 8.30. The van der Waals surface area contributed by atoms with Crippen LogP contribution < -0.4 is 16.0 Å². The minimum atomic E-state index is -4.54. The van der Waals surface area contributed by atoms with Crippen LogP contribution in [-0.2, 0) is 15.8 Å². The summed E-state index contributed by atoms with van der Waals surface area (Å²) in [5.41, 5.74) is -1.56. The number of piperidine rings is 1. The molecule has 0 atom stereocenters. The van der Waals surface area contributed by atoms with Gasteiger partial charge in [-0.2, -0.15) is 13.2 Å². The first kappa shape index (κ1) is 22.5. The van der Waals surface area contributed by atoms with Crippen LogP contribution in [0.3, 0.4) is 0 Å². The molecule has 1 aliphatic rings. The van der Waals surface area contributed by atoms with Crippen LogP contribution in [0.15, 0.2) is 54.6 Å². The third-order valence-corrected chi connectivity index (χ3v) is 5.00. The Labute approximate surface area is 176 Å². The van der Waals surface area contributed by atoms with Crippen LogP contribution in [0.25, 0.3) is 6.08 Å². The van der Waals surface area contributed by atoms with Crippen molar-refractivity contribution in [2.24, 2.45) is 0 Å². The summed E-state index contributed by atoms with van der Waals surface area (Å²) >= 11 is 0. The summed E-state index contributed by atoms with van der Waals surface area (Å²) in [7, 11) is 0. The Balaban J connectivity index is 1.74. The molecular formula is C22H21F4N3O2. The average Bonchev–Trinajstić information content (AvgIpc) is 2.73. The van der Waals surface area contributed by atoms with E-state index in [1.54, 1.807) is 0 Å². The number of nitrogens with one attached hydrogen (secondary N) is 3. The van der Waals surface area contributed by atoms with E-state index < -0.39 is 34.9 Å². The molecule has 0 unspecified atom stereocenters. The zero-order valence-electron chi connectivity index (χ0n) is 16.4. The molecule has 0 bridgehead atoms. The van der Waals surface area contributed by atoms with E-state index in [2.05, 4.69) is 16.0 Å². The number of carbonyl (C=O) groups excluding carboxylic acids is 2. The van der Waals surface area contributed by atoms with Crippen molar-refractivity contribution < 1.29 is 27.2 Å². The number of anilines is 1. The number of benzene rings is 2. The Morgan fingerprint density at radius 1 is 1.03 bits per heavy atom. The first-order chi connectivity index (χ1) is 14.7. The quantitative estimate of drug-likeness (QED) is 0.495. The summed E-state index contributed by atoms with van der Waals surface area (Å²) in [4.78, 5) is 25.5. The lowest BCUT2D eigenvalue weighted by Crippen LogP contribution is -2.61. The second kappa shape index (κ2) is 9.30. The first-order valence-corrected chi connectivity index (χ1v) is 9.63. The molecule has 31 heavy (non-hydrogen) atoms. The highest BCUT2D eigenvalue weighted by molar-refractivity contribution is 6.03. The number of hydrogen-bond donors (Lipinski definition) is 3. The SMILES string of the molecule is O=C(/C=C/c1ccc(F)cc1)NC1(C(=O)Nc2cccc(C(F)(F)F)c2)CCNCC1. The van der Waals surface area contributed by atoms with E-state index in [1.807, 2.05) is 0 Å². The molecule has 0 spiro atoms. The fraction of sp³-hybridized carbons (Fsp3) is 0.273. The molecule has 2 aromatic rings. The number of carbonyl (C=O) groups is 2. The molecule has 2 amide bonds. The highest BCUT2D eigenvalue weighted by atomic mass is 19.4. The molecule has 3 rings (SSSR count). The monoisotopic (exact) mass is 435 g/mol. The van der Waals surface area contributed by atoms with Gasteiger partial charge in [0.15, 0.2) is 0 Å². The third-order valence-electron chi connectivity index (χ3n) is 5.00. The van der Waals surface area contributed by atoms with Crippen molar-refractivity contribution >= 4 is 23.6 Å². The van der Waals surface area contributed by atoms with E-state index >= 15 is 0 Å². The van der Waals surface area contributed by atoms with E-state index in [0.29, 0.717) is 18.7 Å². The van der Waals surface area contributed by atoms with Crippen LogP contribution in [0.2, 0.25) is 0 Å². The molecule has 1 saturated heterocycles. The molecule has 9 heteroatoms. The van der Waals surface area contributed by atoms with Crippen LogP contribution in [0, 0.1) is 5.82 Å². The van der Waals surface area contributed by atoms with Crippen molar-refractivity contribution in [3.8, 4) is 0 Å². The van der Waals surface area contributed by atoms with Gasteiger partial charge in [0.1, 0.15) is 11.4 Å². The normalized spacial score (nSPS) is 16.1. The van der Waals surface area contributed by atoms with E-state index in [9.17, 15) is 27.2 Å². The van der Waals surface area contributed by atoms with Gasteiger partial charge in [0.25, 0.3) is 0 Å². The highest BCUT2D eigenvalue weighted by Gasteiger charge is 2.41. The van der Waals surface area contributed by atoms with Crippen LogP contribution in [-0.4, -0.2) is 30.4 Å². The van der Waals surface area contributed by atoms with E-state index in [1.165, 1.54) is 48.6 Å². The summed E-state index contributed by atoms with van der Waals surface area (Å²) in [6.07, 6.45) is -1.28. The maximum absolute atomic E-state index is 13.0. The summed E-state index contributed by atoms with van der Waals surface area (Å²) in [5.74, 6) is -1.52. The minimum Gasteiger partial charge on any atom is -0.338 e. The lowest BCUT2D eigenvalue weighted by molar-refractivity contribution is -0.137. The predicted octanol–water partition coefficient (Wildman–Crippen LogP) is 3.73. The van der Waals surface area contributed by atoms with Gasteiger partial charge in [-0.05, 0) is 67.9 Å². The van der Waals surface area contributed by atoms with E-state index in [4.69, 9.17) is 0 Å². The fourth-order valence-corrected chi connectivity index (χ4v) is 3.31. The maximum Gasteiger partial charge on any atom is 0.416 e. The summed E-state index contributed by atoms with van der Waals surface area (Å²) in [6.45, 7) is 0.913. The lowest BCUT2D eigenvalue weighted by Gasteiger charge is -2.36. The molecule has 2 aromatic carbocycles. The van der Waals surface area contributed by atoms with Gasteiger partial charge in [-0.3, -0.25) is 9.59 Å². The molecule has 1 aliphatic heterocycles. The van der Waals surface area contributed by atoms with E-state index in [-0.39, 0.29) is 18.5 Å². The maximum atomic E-state index is 13.0. The minimum absolute atomic E-state index is 0.00571. The van der Waals surface area contributed by atoms with Gasteiger partial charge in [0.2, 0.25) is 11.8 Å². The Morgan fingerprint density at radius 3 is 2.35 bits per heavy atom. The van der Waals surface area contributed by atoms with Crippen molar-refractivity contribution in [3.63, 3.8) is 0 Å². The number of alkyl halides is 3. The fourth-order valence-electron chi connectivity index (χ4n) is 3.31. The molecule has 3 N–H and O–H groups in total. The largest absolute Gasteiger partial charge is 0.416 e. The molecule has 1 heterocycles. The second-order valence-electron chi connectivity index (χ2n) is 7.24. The van der Waals surface area contributed by atoms with Crippen molar-refractivity contribution in [1.82, 2.24) is 10.6 Å². The Kier molecular flexibility index (Phi) is 6.74. The topological polar surface area (TPSA) is 70.2 Å². The molecule has 0 aromatic heterocycles. The number of amides is 2. The van der Waals surface area contributed by atoms with Crippen molar-refractivity contribution in [1.29, 1.82) is 0 Å². The van der Waals surface area contributed by atoms with Gasteiger partial charge in [0.05, 0.1) is 5.56 Å². The molecule has 0 aliphatic carbocycles. The van der Waals surface area contributed by atoms with Gasteiger partial charge < -0.3 is 16.0 Å². The van der Waals surface area contributed by atoms with Gasteiger partial charge in [-0.1, -0.05) is 18.2 Å². The average molecular weight is 435 g/mol. The van der Waals surface area contributed by atoms with E-state index in [0.717, 1.165) is 12.1 Å². The zero-order valence-corrected chi connectivity index (χ0v) is 16.4. The Morgan fingerprint density at radius 2 is 1.71 bits per heavy atom. The highest BCUT2D eigenvalue weighted by Crippen LogP contribution is 2.31. The van der Waals surface area contributed by atoms with Gasteiger partial charge in [-0.15, -0.1) is 0 Å². The van der Waals surface area contributed by atoms with Crippen molar-refractivity contribution in [2.75, 3.05) is 18.4 Å².